The normalized spacial score (nSPS) is 10.4. The Balaban J connectivity index is 2.31. The Bertz CT molecular complexity index is 1040. The molecule has 0 fully saturated rings. The summed E-state index contributed by atoms with van der Waals surface area (Å²) in [6.07, 6.45) is 0. The monoisotopic (exact) mass is 427 g/mol. The third-order valence-electron chi connectivity index (χ3n) is 4.12. The fourth-order valence-corrected chi connectivity index (χ4v) is 3.64. The molecule has 0 aliphatic rings. The molecule has 0 bridgehead atoms. The number of hydrogen-bond acceptors (Lipinski definition) is 4. The second-order valence-corrected chi connectivity index (χ2v) is 6.98. The number of nitrogens with zero attached hydrogens (tertiary/aromatic N) is 2. The summed E-state index contributed by atoms with van der Waals surface area (Å²) >= 11 is 9.62. The summed E-state index contributed by atoms with van der Waals surface area (Å²) in [7, 11) is 1.60. The van der Waals surface area contributed by atoms with E-state index >= 15 is 0 Å². The molecule has 0 amide bonds. The molecule has 3 aromatic rings. The van der Waals surface area contributed by atoms with Crippen molar-refractivity contribution < 1.29 is 4.74 Å². The first kappa shape index (κ1) is 18.2. The van der Waals surface area contributed by atoms with Crippen LogP contribution in [0, 0.1) is 18.3 Å². The van der Waals surface area contributed by atoms with Crippen LogP contribution in [0.4, 0.5) is 5.82 Å². The first-order valence-electron chi connectivity index (χ1n) is 7.76. The van der Waals surface area contributed by atoms with E-state index in [1.165, 1.54) is 0 Å². The molecule has 6 heteroatoms. The van der Waals surface area contributed by atoms with E-state index in [4.69, 9.17) is 22.1 Å². The number of rotatable bonds is 3. The van der Waals surface area contributed by atoms with Crippen LogP contribution in [0.5, 0.6) is 5.75 Å². The largest absolute Gasteiger partial charge is 0.496 e. The van der Waals surface area contributed by atoms with Crippen molar-refractivity contribution in [1.82, 2.24) is 4.98 Å². The molecule has 0 atom stereocenters. The van der Waals surface area contributed by atoms with E-state index in [-0.39, 0.29) is 5.82 Å². The molecule has 0 aliphatic heterocycles. The Labute approximate surface area is 165 Å². The lowest BCUT2D eigenvalue weighted by Gasteiger charge is -2.16. The van der Waals surface area contributed by atoms with Gasteiger partial charge in [-0.1, -0.05) is 29.8 Å². The molecule has 0 aliphatic carbocycles. The Morgan fingerprint density at radius 3 is 2.58 bits per heavy atom. The number of halogens is 2. The predicted octanol–water partition coefficient (Wildman–Crippen LogP) is 5.60. The maximum Gasteiger partial charge on any atom is 0.142 e. The van der Waals surface area contributed by atoms with Crippen molar-refractivity contribution in [3.63, 3.8) is 0 Å². The smallest absolute Gasteiger partial charge is 0.142 e. The zero-order valence-corrected chi connectivity index (χ0v) is 16.5. The Morgan fingerprint density at radius 2 is 1.96 bits per heavy atom. The van der Waals surface area contributed by atoms with Crippen molar-refractivity contribution in [3.8, 4) is 34.2 Å². The summed E-state index contributed by atoms with van der Waals surface area (Å²) in [5.41, 5.74) is 10.5. The summed E-state index contributed by atoms with van der Waals surface area (Å²) in [6.45, 7) is 1.93. The molecule has 0 radical (unpaired) electrons. The molecule has 1 aromatic heterocycles. The van der Waals surface area contributed by atoms with E-state index in [0.29, 0.717) is 22.0 Å². The standard InChI is InChI=1S/C20H15BrClN3O/c1-11-18(12-6-7-17(26-2)16(21)9-12)15(10-23)20(24)25-19(11)13-4-3-5-14(22)8-13/h3-9H,1-2H3,(H2,24,25). The summed E-state index contributed by atoms with van der Waals surface area (Å²) in [5.74, 6) is 0.900. The van der Waals surface area contributed by atoms with Gasteiger partial charge in [0, 0.05) is 16.1 Å². The molecule has 0 unspecified atom stereocenters. The Hall–Kier alpha value is -2.55. The van der Waals surface area contributed by atoms with E-state index in [1.807, 2.05) is 43.3 Å². The van der Waals surface area contributed by atoms with Gasteiger partial charge in [0.25, 0.3) is 0 Å². The number of anilines is 1. The first-order valence-corrected chi connectivity index (χ1v) is 8.93. The number of benzene rings is 2. The highest BCUT2D eigenvalue weighted by Crippen LogP contribution is 2.38. The average Bonchev–Trinajstić information content (AvgIpc) is 2.62. The highest BCUT2D eigenvalue weighted by atomic mass is 79.9. The topological polar surface area (TPSA) is 71.9 Å². The fourth-order valence-electron chi connectivity index (χ4n) is 2.91. The molecule has 0 saturated carbocycles. The third kappa shape index (κ3) is 3.26. The molecule has 26 heavy (non-hydrogen) atoms. The van der Waals surface area contributed by atoms with Crippen LogP contribution in [0.25, 0.3) is 22.4 Å². The van der Waals surface area contributed by atoms with Crippen LogP contribution in [-0.4, -0.2) is 12.1 Å². The third-order valence-corrected chi connectivity index (χ3v) is 4.97. The van der Waals surface area contributed by atoms with Crippen LogP contribution in [0.1, 0.15) is 11.1 Å². The number of nitriles is 1. The molecular weight excluding hydrogens is 414 g/mol. The number of aromatic nitrogens is 1. The van der Waals surface area contributed by atoms with Crippen LogP contribution in [-0.2, 0) is 0 Å². The number of methoxy groups -OCH3 is 1. The summed E-state index contributed by atoms with van der Waals surface area (Å²) in [6, 6.07) is 15.2. The van der Waals surface area contributed by atoms with Crippen molar-refractivity contribution in [3.05, 3.63) is 63.1 Å². The average molecular weight is 429 g/mol. The van der Waals surface area contributed by atoms with Crippen molar-refractivity contribution in [2.45, 2.75) is 6.92 Å². The summed E-state index contributed by atoms with van der Waals surface area (Å²) < 4.78 is 6.08. The number of nitrogen functional groups attached to an aromatic ring is 1. The van der Waals surface area contributed by atoms with Crippen LogP contribution in [0.15, 0.2) is 46.9 Å². The molecule has 2 aromatic carbocycles. The molecule has 0 spiro atoms. The molecule has 2 N–H and O–H groups in total. The van der Waals surface area contributed by atoms with Crippen molar-refractivity contribution in [1.29, 1.82) is 5.26 Å². The van der Waals surface area contributed by atoms with E-state index in [0.717, 1.165) is 26.7 Å². The second-order valence-electron chi connectivity index (χ2n) is 5.69. The highest BCUT2D eigenvalue weighted by molar-refractivity contribution is 9.10. The first-order chi connectivity index (χ1) is 12.5. The van der Waals surface area contributed by atoms with E-state index in [1.54, 1.807) is 13.2 Å². The van der Waals surface area contributed by atoms with Gasteiger partial charge >= 0.3 is 0 Å². The van der Waals surface area contributed by atoms with Crippen molar-refractivity contribution in [2.75, 3.05) is 12.8 Å². The lowest BCUT2D eigenvalue weighted by atomic mass is 9.93. The quantitative estimate of drug-likeness (QED) is 0.589. The van der Waals surface area contributed by atoms with Gasteiger partial charge in [0.2, 0.25) is 0 Å². The van der Waals surface area contributed by atoms with E-state index in [2.05, 4.69) is 27.0 Å². The SMILES string of the molecule is COc1ccc(-c2c(C)c(-c3cccc(Cl)c3)nc(N)c2C#N)cc1Br. The molecular formula is C20H15BrClN3O. The van der Waals surface area contributed by atoms with Crippen molar-refractivity contribution >= 4 is 33.3 Å². The van der Waals surface area contributed by atoms with E-state index in [9.17, 15) is 5.26 Å². The predicted molar refractivity (Wildman–Crippen MR) is 108 cm³/mol. The van der Waals surface area contributed by atoms with Gasteiger partial charge in [-0.2, -0.15) is 5.26 Å². The van der Waals surface area contributed by atoms with Crippen LogP contribution in [0.2, 0.25) is 5.02 Å². The van der Waals surface area contributed by atoms with Gasteiger partial charge in [-0.15, -0.1) is 0 Å². The Morgan fingerprint density at radius 1 is 1.19 bits per heavy atom. The zero-order chi connectivity index (χ0) is 18.8. The number of nitrogens with two attached hydrogens (primary N) is 1. The minimum Gasteiger partial charge on any atom is -0.496 e. The maximum atomic E-state index is 9.63. The van der Waals surface area contributed by atoms with Crippen molar-refractivity contribution in [2.24, 2.45) is 0 Å². The highest BCUT2D eigenvalue weighted by Gasteiger charge is 2.19. The number of ether oxygens (including phenoxy) is 1. The van der Waals surface area contributed by atoms with Gasteiger partial charge < -0.3 is 10.5 Å². The second kappa shape index (κ2) is 7.36. The van der Waals surface area contributed by atoms with Gasteiger partial charge in [0.15, 0.2) is 0 Å². The van der Waals surface area contributed by atoms with Crippen LogP contribution < -0.4 is 10.5 Å². The van der Waals surface area contributed by atoms with Gasteiger partial charge in [0.1, 0.15) is 23.2 Å². The fraction of sp³-hybridized carbons (Fsp3) is 0.100. The summed E-state index contributed by atoms with van der Waals surface area (Å²) in [4.78, 5) is 4.46. The minimum atomic E-state index is 0.190. The van der Waals surface area contributed by atoms with Crippen LogP contribution >= 0.6 is 27.5 Å². The zero-order valence-electron chi connectivity index (χ0n) is 14.2. The summed E-state index contributed by atoms with van der Waals surface area (Å²) in [5, 5.41) is 10.2. The lowest BCUT2D eigenvalue weighted by Crippen LogP contribution is -2.03. The molecule has 4 nitrogen and oxygen atoms in total. The lowest BCUT2D eigenvalue weighted by molar-refractivity contribution is 0.412. The van der Waals surface area contributed by atoms with E-state index < -0.39 is 0 Å². The number of hydrogen-bond donors (Lipinski definition) is 1. The molecule has 1 heterocycles. The van der Waals surface area contributed by atoms with Gasteiger partial charge in [0.05, 0.1) is 17.3 Å². The van der Waals surface area contributed by atoms with Crippen LogP contribution in [0.3, 0.4) is 0 Å². The molecule has 130 valence electrons. The van der Waals surface area contributed by atoms with Gasteiger partial charge in [-0.25, -0.2) is 4.98 Å². The number of pyridine rings is 1. The molecule has 3 rings (SSSR count). The minimum absolute atomic E-state index is 0.190. The Kier molecular flexibility index (Phi) is 5.17. The molecule has 0 saturated heterocycles. The van der Waals surface area contributed by atoms with Gasteiger partial charge in [-0.05, 0) is 58.2 Å². The maximum absolute atomic E-state index is 9.63. The van der Waals surface area contributed by atoms with Gasteiger partial charge in [-0.3, -0.25) is 0 Å².